The van der Waals surface area contributed by atoms with Crippen LogP contribution >= 0.6 is 11.8 Å². The fourth-order valence-electron chi connectivity index (χ4n) is 3.62. The van der Waals surface area contributed by atoms with E-state index in [1.807, 2.05) is 55.4 Å². The number of ether oxygens (including phenoxy) is 3. The number of amidine groups is 1. The molecule has 0 amide bonds. The summed E-state index contributed by atoms with van der Waals surface area (Å²) < 4.78 is 23.4. The van der Waals surface area contributed by atoms with E-state index in [-0.39, 0.29) is 23.7 Å². The van der Waals surface area contributed by atoms with Crippen LogP contribution in [0.25, 0.3) is 0 Å². The zero-order valence-electron chi connectivity index (χ0n) is 18.6. The van der Waals surface area contributed by atoms with Gasteiger partial charge in [-0.15, -0.1) is 0 Å². The first-order valence-electron chi connectivity index (χ1n) is 10.7. The number of nitrogens with zero attached hydrogens (tertiary/aromatic N) is 2. The van der Waals surface area contributed by atoms with Crippen molar-refractivity contribution in [2.24, 2.45) is 0 Å². The number of rotatable bonds is 8. The topological polar surface area (TPSA) is 45.0 Å². The van der Waals surface area contributed by atoms with Gasteiger partial charge in [-0.25, -0.2) is 9.57 Å². The summed E-state index contributed by atoms with van der Waals surface area (Å²) in [5.41, 5.74) is 2.24. The molecule has 1 fully saturated rings. The van der Waals surface area contributed by atoms with E-state index in [4.69, 9.17) is 14.2 Å². The molecule has 0 radical (unpaired) electrons. The minimum absolute atomic E-state index is 0.0519. The predicted molar refractivity (Wildman–Crippen MR) is 129 cm³/mol. The molecule has 0 bridgehead atoms. The zero-order chi connectivity index (χ0) is 22.1. The van der Waals surface area contributed by atoms with Gasteiger partial charge in [0.05, 0.1) is 39.5 Å². The average molecular weight is 442 g/mol. The quantitative estimate of drug-likeness (QED) is 0.351. The van der Waals surface area contributed by atoms with Crippen molar-refractivity contribution < 1.29 is 14.2 Å². The van der Waals surface area contributed by atoms with Crippen molar-refractivity contribution in [3.05, 3.63) is 71.8 Å². The molecule has 166 valence electrons. The Hall–Kier alpha value is -2.08. The highest BCUT2D eigenvalue weighted by Gasteiger charge is 2.41. The number of benzene rings is 2. The Morgan fingerprint density at radius 2 is 1.61 bits per heavy atom. The molecule has 5 nitrogen and oxygen atoms in total. The van der Waals surface area contributed by atoms with Crippen molar-refractivity contribution in [3.63, 3.8) is 0 Å². The van der Waals surface area contributed by atoms with Gasteiger partial charge in [-0.3, -0.25) is 0 Å². The molecule has 2 aromatic rings. The van der Waals surface area contributed by atoms with Crippen LogP contribution in [0.2, 0.25) is 0 Å². The van der Waals surface area contributed by atoms with Gasteiger partial charge in [0.25, 0.3) is 0 Å². The number of thioether (sulfide) groups is 1. The van der Waals surface area contributed by atoms with Crippen molar-refractivity contribution in [1.82, 2.24) is 9.57 Å². The predicted octanol–water partition coefficient (Wildman–Crippen LogP) is 4.10. The van der Waals surface area contributed by atoms with Crippen molar-refractivity contribution >= 4 is 23.6 Å². The van der Waals surface area contributed by atoms with Gasteiger partial charge < -0.3 is 14.2 Å². The molecule has 0 spiro atoms. The Bertz CT molecular complexity index is 840. The van der Waals surface area contributed by atoms with E-state index < -0.39 is 0 Å². The van der Waals surface area contributed by atoms with E-state index in [0.29, 0.717) is 13.2 Å². The molecule has 0 unspecified atom stereocenters. The zero-order valence-corrected chi connectivity index (χ0v) is 19.5. The van der Waals surface area contributed by atoms with E-state index in [1.165, 1.54) is 0 Å². The van der Waals surface area contributed by atoms with Gasteiger partial charge in [0.15, 0.2) is 6.72 Å². The molecule has 0 aliphatic carbocycles. The summed E-state index contributed by atoms with van der Waals surface area (Å²) in [6.45, 7) is 6.92. The largest absolute Gasteiger partial charge is 0.407 e. The van der Waals surface area contributed by atoms with Gasteiger partial charge in [0.1, 0.15) is 11.5 Å². The molecule has 1 aliphatic rings. The van der Waals surface area contributed by atoms with Gasteiger partial charge in [0, 0.05) is 18.2 Å². The summed E-state index contributed by atoms with van der Waals surface area (Å²) in [5.74, 6) is 0. The Kier molecular flexibility index (Phi) is 9.19. The summed E-state index contributed by atoms with van der Waals surface area (Å²) in [4.78, 5) is 1.96. The summed E-state index contributed by atoms with van der Waals surface area (Å²) >= 11 is 1.59. The SMILES string of the molecule is C=[N+]=C(S[C@@H]1C[C@@H](OCc2ccccc2)[C@H](OCc2ccccc2)[C@@H](CC)O1)N(C)C. The molecule has 1 saturated heterocycles. The third-order valence-electron chi connectivity index (χ3n) is 5.23. The minimum Gasteiger partial charge on any atom is -0.371 e. The van der Waals surface area contributed by atoms with Crippen LogP contribution in [-0.2, 0) is 27.4 Å². The highest BCUT2D eigenvalue weighted by molar-refractivity contribution is 8.14. The van der Waals surface area contributed by atoms with Gasteiger partial charge >= 0.3 is 5.17 Å². The fourth-order valence-corrected chi connectivity index (χ4v) is 4.62. The minimum atomic E-state index is -0.134. The lowest BCUT2D eigenvalue weighted by atomic mass is 9.99. The fraction of sp³-hybridized carbons (Fsp3) is 0.440. The molecular weight excluding hydrogens is 408 g/mol. The molecule has 6 heteroatoms. The van der Waals surface area contributed by atoms with Crippen molar-refractivity contribution in [2.75, 3.05) is 14.1 Å². The van der Waals surface area contributed by atoms with Crippen molar-refractivity contribution in [1.29, 1.82) is 0 Å². The third-order valence-corrected chi connectivity index (χ3v) is 6.50. The molecule has 4 atom stereocenters. The lowest BCUT2D eigenvalue weighted by molar-refractivity contribution is -0.191. The van der Waals surface area contributed by atoms with Crippen molar-refractivity contribution in [2.45, 2.75) is 56.7 Å². The van der Waals surface area contributed by atoms with E-state index >= 15 is 0 Å². The summed E-state index contributed by atoms with van der Waals surface area (Å²) in [5, 5.41) is 0.838. The van der Waals surface area contributed by atoms with Crippen LogP contribution in [-0.4, -0.2) is 54.6 Å². The molecule has 1 heterocycles. The summed E-state index contributed by atoms with van der Waals surface area (Å²) in [7, 11) is 3.93. The van der Waals surface area contributed by atoms with Crippen molar-refractivity contribution in [3.8, 4) is 0 Å². The second-order valence-corrected chi connectivity index (χ2v) is 8.92. The van der Waals surface area contributed by atoms with Crippen LogP contribution in [0.3, 0.4) is 0 Å². The maximum absolute atomic E-state index is 6.42. The molecule has 3 rings (SSSR count). The molecule has 0 saturated carbocycles. The maximum Gasteiger partial charge on any atom is 0.407 e. The molecule has 1 aliphatic heterocycles. The standard InChI is InChI=1S/C25H33N2O3S/c1-5-21-24(29-18-20-14-10-7-11-15-20)22(28-17-19-12-8-6-9-13-19)16-23(30-21)31-25(26-2)27(3)4/h6-15,21-24H,2,5,16-18H2,1,3-4H3/q+1/t21-,22-,23-,24-/m1/s1. The Labute approximate surface area is 190 Å². The first-order valence-corrected chi connectivity index (χ1v) is 11.6. The van der Waals surface area contributed by atoms with Crippen LogP contribution in [0.1, 0.15) is 30.9 Å². The Balaban J connectivity index is 1.73. The smallest absolute Gasteiger partial charge is 0.371 e. The number of hydrogen-bond donors (Lipinski definition) is 0. The average Bonchev–Trinajstić information content (AvgIpc) is 2.81. The van der Waals surface area contributed by atoms with Gasteiger partial charge in [-0.2, -0.15) is 0 Å². The van der Waals surface area contributed by atoms with Crippen LogP contribution in [0.4, 0.5) is 0 Å². The van der Waals surface area contributed by atoms with Crippen LogP contribution in [0.5, 0.6) is 0 Å². The molecular formula is C25H33N2O3S+. The second-order valence-electron chi connectivity index (χ2n) is 7.80. The summed E-state index contributed by atoms with van der Waals surface area (Å²) in [6.07, 6.45) is 1.31. The maximum atomic E-state index is 6.42. The molecule has 31 heavy (non-hydrogen) atoms. The lowest BCUT2D eigenvalue weighted by Crippen LogP contribution is -2.50. The Morgan fingerprint density at radius 3 is 2.13 bits per heavy atom. The van der Waals surface area contributed by atoms with Gasteiger partial charge in [-0.1, -0.05) is 67.6 Å². The Morgan fingerprint density at radius 1 is 1.03 bits per heavy atom. The van der Waals surface area contributed by atoms with E-state index in [0.717, 1.165) is 29.1 Å². The normalized spacial score (nSPS) is 23.2. The van der Waals surface area contributed by atoms with Gasteiger partial charge in [-0.05, 0) is 17.5 Å². The first-order chi connectivity index (χ1) is 15.1. The van der Waals surface area contributed by atoms with E-state index in [1.54, 1.807) is 11.8 Å². The molecule has 0 N–H and O–H groups in total. The van der Waals surface area contributed by atoms with Crippen LogP contribution in [0, 0.1) is 0 Å². The molecule has 2 aromatic carbocycles. The van der Waals surface area contributed by atoms with E-state index in [2.05, 4.69) is 42.6 Å². The second kappa shape index (κ2) is 12.1. The lowest BCUT2D eigenvalue weighted by Gasteiger charge is -2.40. The van der Waals surface area contributed by atoms with Gasteiger partial charge in [0.2, 0.25) is 0 Å². The molecule has 0 aromatic heterocycles. The third kappa shape index (κ3) is 6.96. The van der Waals surface area contributed by atoms with Crippen LogP contribution < -0.4 is 4.67 Å². The number of hydrogen-bond acceptors (Lipinski definition) is 4. The highest BCUT2D eigenvalue weighted by Crippen LogP contribution is 2.34. The van der Waals surface area contributed by atoms with E-state index in [9.17, 15) is 0 Å². The first kappa shape index (κ1) is 23.6. The summed E-state index contributed by atoms with van der Waals surface area (Å²) in [6, 6.07) is 20.5. The van der Waals surface area contributed by atoms with Crippen LogP contribution in [0.15, 0.2) is 60.7 Å². The monoisotopic (exact) mass is 441 g/mol. The highest BCUT2D eigenvalue weighted by atomic mass is 32.2.